The SMILES string of the molecule is COCCN1CCC(C(C(=O)NCc2ccc(-c3ccc(C(F)(F)F)cc3)cc2)n2c(SCc3cccc(F)c3F)cc(=O)c3ccccc32)CC1. The first kappa shape index (κ1) is 37.2. The molecule has 0 aliphatic carbocycles. The minimum atomic E-state index is -4.42. The summed E-state index contributed by atoms with van der Waals surface area (Å²) in [7, 11) is 1.66. The Morgan fingerprint density at radius 1 is 0.923 bits per heavy atom. The molecule has 4 aromatic carbocycles. The third-order valence-electron chi connectivity index (χ3n) is 9.53. The second-order valence-electron chi connectivity index (χ2n) is 12.8. The van der Waals surface area contributed by atoms with Crippen LogP contribution in [0.1, 0.15) is 35.6 Å². The fraction of sp³-hybridized carbons (Fsp3) is 0.300. The summed E-state index contributed by atoms with van der Waals surface area (Å²) in [6.45, 7) is 3.04. The van der Waals surface area contributed by atoms with Gasteiger partial charge in [0.25, 0.3) is 0 Å². The van der Waals surface area contributed by atoms with Crippen molar-refractivity contribution in [2.75, 3.05) is 33.4 Å². The van der Waals surface area contributed by atoms with Gasteiger partial charge < -0.3 is 19.5 Å². The quantitative estimate of drug-likeness (QED) is 0.103. The average molecular weight is 736 g/mol. The lowest BCUT2D eigenvalue weighted by molar-refractivity contribution is -0.137. The molecule has 0 bridgehead atoms. The van der Waals surface area contributed by atoms with E-state index in [1.165, 1.54) is 42.1 Å². The number of nitrogens with one attached hydrogen (secondary N) is 1. The molecule has 6 rings (SSSR count). The van der Waals surface area contributed by atoms with Gasteiger partial charge >= 0.3 is 6.18 Å². The van der Waals surface area contributed by atoms with Gasteiger partial charge in [-0.2, -0.15) is 13.2 Å². The first-order valence-electron chi connectivity index (χ1n) is 17.0. The number of ether oxygens (including phenoxy) is 1. The van der Waals surface area contributed by atoms with Gasteiger partial charge in [0.1, 0.15) is 6.04 Å². The molecule has 1 amide bonds. The van der Waals surface area contributed by atoms with Gasteiger partial charge in [-0.1, -0.05) is 60.7 Å². The molecule has 0 radical (unpaired) electrons. The first-order valence-corrected chi connectivity index (χ1v) is 18.0. The smallest absolute Gasteiger partial charge is 0.383 e. The molecule has 52 heavy (non-hydrogen) atoms. The average Bonchev–Trinajstić information content (AvgIpc) is 3.15. The number of nitrogens with zero attached hydrogens (tertiary/aromatic N) is 2. The van der Waals surface area contributed by atoms with E-state index < -0.39 is 29.4 Å². The van der Waals surface area contributed by atoms with E-state index in [0.717, 1.165) is 49.0 Å². The van der Waals surface area contributed by atoms with E-state index in [1.54, 1.807) is 43.5 Å². The van der Waals surface area contributed by atoms with E-state index in [9.17, 15) is 31.5 Å². The van der Waals surface area contributed by atoms with Crippen LogP contribution in [0.15, 0.2) is 107 Å². The highest BCUT2D eigenvalue weighted by molar-refractivity contribution is 7.98. The van der Waals surface area contributed by atoms with Crippen molar-refractivity contribution in [3.05, 3.63) is 136 Å². The molecule has 6 nitrogen and oxygen atoms in total. The molecular weight excluding hydrogens is 698 g/mol. The lowest BCUT2D eigenvalue weighted by Crippen LogP contribution is -2.43. The number of piperidine rings is 1. The Kier molecular flexibility index (Phi) is 11.8. The van der Waals surface area contributed by atoms with Gasteiger partial charge in [0.2, 0.25) is 5.91 Å². The Hall–Kier alpha value is -4.52. The van der Waals surface area contributed by atoms with Gasteiger partial charge in [0, 0.05) is 43.0 Å². The molecule has 1 aliphatic rings. The molecule has 5 aromatic rings. The molecular formula is C40H38F5N3O3S. The van der Waals surface area contributed by atoms with Crippen LogP contribution < -0.4 is 10.7 Å². The number of carbonyl (C=O) groups excluding carboxylic acids is 1. The van der Waals surface area contributed by atoms with Gasteiger partial charge in [0.05, 0.1) is 22.7 Å². The minimum absolute atomic E-state index is 0.0382. The van der Waals surface area contributed by atoms with Crippen molar-refractivity contribution in [3.8, 4) is 11.1 Å². The lowest BCUT2D eigenvalue weighted by atomic mass is 9.88. The molecule has 1 aromatic heterocycles. The molecule has 0 saturated carbocycles. The van der Waals surface area contributed by atoms with Gasteiger partial charge in [-0.05, 0) is 78.9 Å². The summed E-state index contributed by atoms with van der Waals surface area (Å²) in [5.74, 6) is -2.24. The maximum absolute atomic E-state index is 14.7. The maximum Gasteiger partial charge on any atom is 0.416 e. The second-order valence-corrected chi connectivity index (χ2v) is 13.8. The number of pyridine rings is 1. The molecule has 1 saturated heterocycles. The Bertz CT molecular complexity index is 2060. The number of fused-ring (bicyclic) bond motifs is 1. The zero-order valence-corrected chi connectivity index (χ0v) is 29.3. The predicted molar refractivity (Wildman–Crippen MR) is 193 cm³/mol. The summed E-state index contributed by atoms with van der Waals surface area (Å²) in [5, 5.41) is 4.02. The molecule has 1 fully saturated rings. The highest BCUT2D eigenvalue weighted by Crippen LogP contribution is 2.37. The van der Waals surface area contributed by atoms with Gasteiger partial charge in [-0.3, -0.25) is 9.59 Å². The minimum Gasteiger partial charge on any atom is -0.383 e. The van der Waals surface area contributed by atoms with E-state index in [-0.39, 0.29) is 35.1 Å². The third-order valence-corrected chi connectivity index (χ3v) is 10.6. The van der Waals surface area contributed by atoms with Crippen molar-refractivity contribution in [3.63, 3.8) is 0 Å². The highest BCUT2D eigenvalue weighted by atomic mass is 32.2. The third kappa shape index (κ3) is 8.57. The van der Waals surface area contributed by atoms with Gasteiger partial charge in [0.15, 0.2) is 17.1 Å². The summed E-state index contributed by atoms with van der Waals surface area (Å²) >= 11 is 1.18. The highest BCUT2D eigenvalue weighted by Gasteiger charge is 2.35. The number of amides is 1. The van der Waals surface area contributed by atoms with E-state index in [2.05, 4.69) is 10.2 Å². The Morgan fingerprint density at radius 2 is 1.60 bits per heavy atom. The van der Waals surface area contributed by atoms with Gasteiger partial charge in [-0.25, -0.2) is 8.78 Å². The lowest BCUT2D eigenvalue weighted by Gasteiger charge is -2.37. The summed E-state index contributed by atoms with van der Waals surface area (Å²) in [6.07, 6.45) is -3.01. The normalized spacial score (nSPS) is 14.8. The Labute approximate surface area is 302 Å². The number of thioether (sulfide) groups is 1. The van der Waals surface area contributed by atoms with Crippen LogP contribution in [0.5, 0.6) is 0 Å². The largest absolute Gasteiger partial charge is 0.416 e. The van der Waals surface area contributed by atoms with Crippen LogP contribution in [0.2, 0.25) is 0 Å². The van der Waals surface area contributed by atoms with Crippen LogP contribution in [0, 0.1) is 17.6 Å². The molecule has 1 aliphatic heterocycles. The zero-order chi connectivity index (χ0) is 36.8. The second kappa shape index (κ2) is 16.4. The van der Waals surface area contributed by atoms with Crippen LogP contribution in [-0.4, -0.2) is 48.7 Å². The van der Waals surface area contributed by atoms with E-state index in [4.69, 9.17) is 4.74 Å². The standard InChI is InChI=1S/C40H38F5N3O3S/c1-51-22-21-47-19-17-29(18-20-47)38(39(50)46-24-26-9-11-27(12-10-26)28-13-15-31(16-14-28)40(43,44)45)48-34-8-3-2-6-32(34)35(49)23-36(48)52-25-30-5-4-7-33(41)37(30)42/h2-16,23,29,38H,17-22,24-25H2,1H3,(H,46,50). The van der Waals surface area contributed by atoms with Gasteiger partial charge in [-0.15, -0.1) is 11.8 Å². The van der Waals surface area contributed by atoms with Crippen LogP contribution in [0.4, 0.5) is 22.0 Å². The van der Waals surface area contributed by atoms with Crippen LogP contribution >= 0.6 is 11.8 Å². The van der Waals surface area contributed by atoms with Crippen LogP contribution in [0.25, 0.3) is 22.0 Å². The molecule has 0 spiro atoms. The Balaban J connectivity index is 1.30. The molecule has 1 N–H and O–H groups in total. The summed E-state index contributed by atoms with van der Waals surface area (Å²) < 4.78 is 75.1. The number of hydrogen-bond acceptors (Lipinski definition) is 5. The summed E-state index contributed by atoms with van der Waals surface area (Å²) in [6, 6.07) is 24.0. The van der Waals surface area contributed by atoms with E-state index in [1.807, 2.05) is 16.7 Å². The van der Waals surface area contributed by atoms with Crippen molar-refractivity contribution in [1.29, 1.82) is 0 Å². The van der Waals surface area contributed by atoms with Crippen molar-refractivity contribution < 1.29 is 31.5 Å². The molecule has 272 valence electrons. The predicted octanol–water partition coefficient (Wildman–Crippen LogP) is 8.47. The maximum atomic E-state index is 14.7. The van der Waals surface area contributed by atoms with Crippen LogP contribution in [0.3, 0.4) is 0 Å². The van der Waals surface area contributed by atoms with E-state index in [0.29, 0.717) is 40.9 Å². The van der Waals surface area contributed by atoms with Crippen molar-refractivity contribution in [2.24, 2.45) is 5.92 Å². The van der Waals surface area contributed by atoms with Crippen molar-refractivity contribution in [2.45, 2.75) is 42.4 Å². The topological polar surface area (TPSA) is 63.6 Å². The molecule has 2 heterocycles. The molecule has 1 atom stereocenters. The van der Waals surface area contributed by atoms with E-state index >= 15 is 0 Å². The number of methoxy groups -OCH3 is 1. The van der Waals surface area contributed by atoms with Crippen LogP contribution in [-0.2, 0) is 28.0 Å². The number of halogens is 5. The number of hydrogen-bond donors (Lipinski definition) is 1. The summed E-state index contributed by atoms with van der Waals surface area (Å²) in [4.78, 5) is 30.1. The Morgan fingerprint density at radius 3 is 2.27 bits per heavy atom. The number of alkyl halides is 3. The number of benzene rings is 4. The number of likely N-dealkylation sites (tertiary alicyclic amines) is 1. The fourth-order valence-corrected chi connectivity index (χ4v) is 7.76. The van der Waals surface area contributed by atoms with Crippen molar-refractivity contribution >= 4 is 28.6 Å². The molecule has 12 heteroatoms. The fourth-order valence-electron chi connectivity index (χ4n) is 6.70. The number of aromatic nitrogens is 1. The van der Waals surface area contributed by atoms with Crippen molar-refractivity contribution in [1.82, 2.24) is 14.8 Å². The first-order chi connectivity index (χ1) is 25.0. The summed E-state index contributed by atoms with van der Waals surface area (Å²) in [5.41, 5.74) is 1.91. The molecule has 1 unspecified atom stereocenters. The monoisotopic (exact) mass is 735 g/mol. The zero-order valence-electron chi connectivity index (χ0n) is 28.5. The number of para-hydroxylation sites is 1. The number of rotatable bonds is 12. The number of carbonyl (C=O) groups is 1.